The minimum atomic E-state index is 0.647. The highest BCUT2D eigenvalue weighted by molar-refractivity contribution is 6.31. The Bertz CT molecular complexity index is 694. The maximum atomic E-state index is 6.17. The summed E-state index contributed by atoms with van der Waals surface area (Å²) in [4.78, 5) is 9.43. The van der Waals surface area contributed by atoms with Crippen molar-refractivity contribution < 1.29 is 4.74 Å². The summed E-state index contributed by atoms with van der Waals surface area (Å²) in [6.07, 6.45) is 2.95. The Morgan fingerprint density at radius 2 is 2.00 bits per heavy atom. The second-order valence-electron chi connectivity index (χ2n) is 5.26. The molecule has 0 aliphatic rings. The normalized spacial score (nSPS) is 12.1. The Hall–Kier alpha value is -1.55. The van der Waals surface area contributed by atoms with Gasteiger partial charge in [0.05, 0.1) is 12.1 Å². The summed E-state index contributed by atoms with van der Waals surface area (Å²) in [5.74, 6) is 0. The van der Waals surface area contributed by atoms with Crippen molar-refractivity contribution >= 4 is 22.5 Å². The van der Waals surface area contributed by atoms with Gasteiger partial charge in [-0.2, -0.15) is 4.98 Å². The molecule has 1 aromatic heterocycles. The van der Waals surface area contributed by atoms with Gasteiger partial charge in [-0.15, -0.1) is 0 Å². The van der Waals surface area contributed by atoms with Crippen molar-refractivity contribution in [3.8, 4) is 6.01 Å². The zero-order chi connectivity index (χ0) is 15.9. The molecule has 0 radical (unpaired) electrons. The number of halogens is 1. The van der Waals surface area contributed by atoms with E-state index in [2.05, 4.69) is 30.3 Å². The first-order valence-electron chi connectivity index (χ1n) is 8.04. The van der Waals surface area contributed by atoms with Crippen LogP contribution in [0.5, 0.6) is 6.01 Å². The van der Waals surface area contributed by atoms with Crippen LogP contribution in [0.3, 0.4) is 0 Å². The summed E-state index contributed by atoms with van der Waals surface area (Å²) in [7, 11) is 0. The van der Waals surface area contributed by atoms with E-state index in [9.17, 15) is 0 Å². The maximum Gasteiger partial charge on any atom is 0.298 e. The monoisotopic (exact) mass is 321 g/mol. The van der Waals surface area contributed by atoms with Crippen LogP contribution in [0.25, 0.3) is 10.9 Å². The van der Waals surface area contributed by atoms with Gasteiger partial charge in [-0.3, -0.25) is 9.56 Å². The van der Waals surface area contributed by atoms with Crippen molar-refractivity contribution in [2.75, 3.05) is 13.2 Å². The SMILES string of the molecule is CCCN=c1c2cc(Cl)ccc2nc(OCCC)n1CCC. The third kappa shape index (κ3) is 3.80. The van der Waals surface area contributed by atoms with E-state index >= 15 is 0 Å². The minimum Gasteiger partial charge on any atom is -0.465 e. The highest BCUT2D eigenvalue weighted by atomic mass is 35.5. The van der Waals surface area contributed by atoms with Gasteiger partial charge < -0.3 is 4.74 Å². The quantitative estimate of drug-likeness (QED) is 0.766. The van der Waals surface area contributed by atoms with Gasteiger partial charge in [0.15, 0.2) is 0 Å². The summed E-state index contributed by atoms with van der Waals surface area (Å²) in [5, 5.41) is 1.69. The van der Waals surface area contributed by atoms with Crippen molar-refractivity contribution in [3.63, 3.8) is 0 Å². The Morgan fingerprint density at radius 3 is 2.68 bits per heavy atom. The highest BCUT2D eigenvalue weighted by Gasteiger charge is 2.10. The molecule has 0 fully saturated rings. The molecule has 22 heavy (non-hydrogen) atoms. The molecular formula is C17H24ClN3O. The molecule has 0 aliphatic heterocycles. The fourth-order valence-corrected chi connectivity index (χ4v) is 2.47. The van der Waals surface area contributed by atoms with Crippen LogP contribution in [-0.4, -0.2) is 22.7 Å². The Balaban J connectivity index is 2.73. The van der Waals surface area contributed by atoms with Gasteiger partial charge in [0.25, 0.3) is 6.01 Å². The molecule has 1 aromatic carbocycles. The third-order valence-corrected chi connectivity index (χ3v) is 3.50. The van der Waals surface area contributed by atoms with E-state index < -0.39 is 0 Å². The lowest BCUT2D eigenvalue weighted by molar-refractivity contribution is 0.271. The highest BCUT2D eigenvalue weighted by Crippen LogP contribution is 2.18. The second-order valence-corrected chi connectivity index (χ2v) is 5.70. The van der Waals surface area contributed by atoms with Gasteiger partial charge in [0.2, 0.25) is 0 Å². The van der Waals surface area contributed by atoms with Crippen molar-refractivity contribution in [2.45, 2.75) is 46.6 Å². The van der Waals surface area contributed by atoms with Gasteiger partial charge in [0.1, 0.15) is 5.49 Å². The van der Waals surface area contributed by atoms with E-state index in [-0.39, 0.29) is 0 Å². The number of hydrogen-bond donors (Lipinski definition) is 0. The molecule has 0 amide bonds. The first-order valence-corrected chi connectivity index (χ1v) is 8.42. The molecule has 0 bridgehead atoms. The van der Waals surface area contributed by atoms with Crippen LogP contribution in [0, 0.1) is 0 Å². The van der Waals surface area contributed by atoms with Gasteiger partial charge in [-0.25, -0.2) is 0 Å². The molecule has 4 nitrogen and oxygen atoms in total. The van der Waals surface area contributed by atoms with Gasteiger partial charge >= 0.3 is 0 Å². The number of fused-ring (bicyclic) bond motifs is 1. The lowest BCUT2D eigenvalue weighted by atomic mass is 10.2. The van der Waals surface area contributed by atoms with Crippen molar-refractivity contribution in [1.82, 2.24) is 9.55 Å². The molecule has 5 heteroatoms. The lowest BCUT2D eigenvalue weighted by Gasteiger charge is -2.15. The molecule has 0 saturated heterocycles. The zero-order valence-electron chi connectivity index (χ0n) is 13.6. The largest absolute Gasteiger partial charge is 0.465 e. The number of benzene rings is 1. The maximum absolute atomic E-state index is 6.17. The summed E-state index contributed by atoms with van der Waals surface area (Å²) in [6, 6.07) is 6.37. The van der Waals surface area contributed by atoms with Crippen LogP contribution in [0.2, 0.25) is 5.02 Å². The molecule has 2 aromatic rings. The van der Waals surface area contributed by atoms with Crippen LogP contribution in [0.4, 0.5) is 0 Å². The first kappa shape index (κ1) is 16.8. The fourth-order valence-electron chi connectivity index (χ4n) is 2.30. The minimum absolute atomic E-state index is 0.647. The average molecular weight is 322 g/mol. The van der Waals surface area contributed by atoms with Crippen LogP contribution in [-0.2, 0) is 6.54 Å². The van der Waals surface area contributed by atoms with E-state index in [4.69, 9.17) is 21.3 Å². The predicted octanol–water partition coefficient (Wildman–Crippen LogP) is 4.20. The number of rotatable bonds is 7. The van der Waals surface area contributed by atoms with E-state index in [0.29, 0.717) is 17.6 Å². The summed E-state index contributed by atoms with van der Waals surface area (Å²) < 4.78 is 7.93. The molecule has 2 rings (SSSR count). The van der Waals surface area contributed by atoms with Crippen molar-refractivity contribution in [3.05, 3.63) is 28.7 Å². The molecule has 120 valence electrons. The molecule has 0 saturated carbocycles. The van der Waals surface area contributed by atoms with Gasteiger partial charge in [0, 0.05) is 23.5 Å². The standard InChI is InChI=1S/C17H24ClN3O/c1-4-9-19-16-14-12-13(18)7-8-15(14)20-17(22-11-6-3)21(16)10-5-2/h7-8,12H,4-6,9-11H2,1-3H3. The van der Waals surface area contributed by atoms with Crippen LogP contribution in [0.15, 0.2) is 23.2 Å². The molecule has 0 aliphatic carbocycles. The molecule has 0 N–H and O–H groups in total. The topological polar surface area (TPSA) is 39.4 Å². The number of hydrogen-bond acceptors (Lipinski definition) is 3. The summed E-state index contributed by atoms with van der Waals surface area (Å²) in [6.45, 7) is 8.62. The third-order valence-electron chi connectivity index (χ3n) is 3.27. The molecule has 0 atom stereocenters. The summed E-state index contributed by atoms with van der Waals surface area (Å²) >= 11 is 6.17. The Labute approximate surface area is 136 Å². The van der Waals surface area contributed by atoms with Gasteiger partial charge in [-0.1, -0.05) is 32.4 Å². The van der Waals surface area contributed by atoms with Crippen LogP contribution in [0.1, 0.15) is 40.0 Å². The summed E-state index contributed by atoms with van der Waals surface area (Å²) in [5.41, 5.74) is 1.79. The molecule has 1 heterocycles. The van der Waals surface area contributed by atoms with E-state index in [0.717, 1.165) is 48.7 Å². The van der Waals surface area contributed by atoms with Crippen LogP contribution < -0.4 is 10.2 Å². The smallest absolute Gasteiger partial charge is 0.298 e. The number of nitrogens with zero attached hydrogens (tertiary/aromatic N) is 3. The second kappa shape index (κ2) is 8.18. The first-order chi connectivity index (χ1) is 10.7. The molecular weight excluding hydrogens is 298 g/mol. The van der Waals surface area contributed by atoms with E-state index in [1.54, 1.807) is 0 Å². The van der Waals surface area contributed by atoms with E-state index in [1.807, 2.05) is 18.2 Å². The zero-order valence-corrected chi connectivity index (χ0v) is 14.4. The lowest BCUT2D eigenvalue weighted by Crippen LogP contribution is -2.25. The number of ether oxygens (including phenoxy) is 1. The average Bonchev–Trinajstić information content (AvgIpc) is 2.52. The van der Waals surface area contributed by atoms with Gasteiger partial charge in [-0.05, 0) is 37.5 Å². The fraction of sp³-hybridized carbons (Fsp3) is 0.529. The van der Waals surface area contributed by atoms with Crippen molar-refractivity contribution in [2.24, 2.45) is 4.99 Å². The Morgan fingerprint density at radius 1 is 1.18 bits per heavy atom. The van der Waals surface area contributed by atoms with E-state index in [1.165, 1.54) is 0 Å². The molecule has 0 unspecified atom stereocenters. The Kier molecular flexibility index (Phi) is 6.25. The number of aromatic nitrogens is 2. The van der Waals surface area contributed by atoms with Crippen molar-refractivity contribution in [1.29, 1.82) is 0 Å². The molecule has 0 spiro atoms. The predicted molar refractivity (Wildman–Crippen MR) is 91.5 cm³/mol. The van der Waals surface area contributed by atoms with Crippen LogP contribution >= 0.6 is 11.6 Å².